The van der Waals surface area contributed by atoms with E-state index in [-0.39, 0.29) is 6.23 Å². The molecule has 0 spiro atoms. The quantitative estimate of drug-likeness (QED) is 0.799. The van der Waals surface area contributed by atoms with Crippen LogP contribution in [0.5, 0.6) is 0 Å². The Labute approximate surface area is 102 Å². The number of rotatable bonds is 1. The highest BCUT2D eigenvalue weighted by Gasteiger charge is 2.55. The van der Waals surface area contributed by atoms with Crippen molar-refractivity contribution in [2.45, 2.75) is 25.5 Å². The fraction of sp³-hybridized carbons (Fsp3) is 0.600. The summed E-state index contributed by atoms with van der Waals surface area (Å²) in [6.45, 7) is 1.07. The van der Waals surface area contributed by atoms with E-state index in [2.05, 4.69) is 29.2 Å². The highest BCUT2D eigenvalue weighted by Crippen LogP contribution is 2.57. The van der Waals surface area contributed by atoms with Crippen LogP contribution in [0.3, 0.4) is 0 Å². The van der Waals surface area contributed by atoms with E-state index in [1.165, 1.54) is 24.9 Å². The molecule has 5 unspecified atom stereocenters. The molecule has 0 radical (unpaired) electrons. The van der Waals surface area contributed by atoms with Crippen LogP contribution in [0.15, 0.2) is 30.3 Å². The number of para-hydroxylation sites is 1. The zero-order valence-corrected chi connectivity index (χ0v) is 10.00. The maximum Gasteiger partial charge on any atom is 0.130 e. The molecule has 2 bridgehead atoms. The summed E-state index contributed by atoms with van der Waals surface area (Å²) < 4.78 is 0. The molecular weight excluding hydrogens is 210 g/mol. The van der Waals surface area contributed by atoms with Crippen molar-refractivity contribution in [3.63, 3.8) is 0 Å². The summed E-state index contributed by atoms with van der Waals surface area (Å²) in [6.07, 6.45) is 3.90. The monoisotopic (exact) mass is 229 g/mol. The van der Waals surface area contributed by atoms with Gasteiger partial charge in [-0.3, -0.25) is 0 Å². The number of aliphatic hydroxyl groups is 1. The predicted molar refractivity (Wildman–Crippen MR) is 67.6 cm³/mol. The minimum Gasteiger partial charge on any atom is -0.373 e. The third-order valence-electron chi connectivity index (χ3n) is 5.32. The molecule has 2 nitrogen and oxygen atoms in total. The van der Waals surface area contributed by atoms with Gasteiger partial charge in [-0.15, -0.1) is 0 Å². The molecule has 1 heterocycles. The molecule has 1 aromatic carbocycles. The molecule has 0 amide bonds. The fourth-order valence-electron chi connectivity index (χ4n) is 4.61. The molecule has 5 atom stereocenters. The summed E-state index contributed by atoms with van der Waals surface area (Å²) in [7, 11) is 0. The maximum atomic E-state index is 10.6. The van der Waals surface area contributed by atoms with Crippen molar-refractivity contribution in [1.82, 2.24) is 0 Å². The second-order valence-corrected chi connectivity index (χ2v) is 5.98. The molecule has 1 aliphatic heterocycles. The molecule has 90 valence electrons. The first-order valence-corrected chi connectivity index (χ1v) is 6.84. The third kappa shape index (κ3) is 1.30. The van der Waals surface area contributed by atoms with E-state index in [0.717, 1.165) is 24.3 Å². The van der Waals surface area contributed by atoms with Crippen LogP contribution in [0.25, 0.3) is 0 Å². The molecule has 2 heteroatoms. The van der Waals surface area contributed by atoms with Crippen LogP contribution < -0.4 is 4.90 Å². The summed E-state index contributed by atoms with van der Waals surface area (Å²) in [5.74, 6) is 3.00. The lowest BCUT2D eigenvalue weighted by Gasteiger charge is -2.27. The number of benzene rings is 1. The van der Waals surface area contributed by atoms with Gasteiger partial charge in [-0.1, -0.05) is 18.2 Å². The SMILES string of the molecule is OC1C2C3CCC(C3)C2CN1c1ccccc1. The maximum absolute atomic E-state index is 10.6. The summed E-state index contributed by atoms with van der Waals surface area (Å²) in [6, 6.07) is 10.4. The van der Waals surface area contributed by atoms with Gasteiger partial charge in [0.25, 0.3) is 0 Å². The van der Waals surface area contributed by atoms with Gasteiger partial charge in [0.1, 0.15) is 6.23 Å². The average molecular weight is 229 g/mol. The highest BCUT2D eigenvalue weighted by molar-refractivity contribution is 5.48. The molecular formula is C15H19NO. The number of fused-ring (bicyclic) bond motifs is 5. The van der Waals surface area contributed by atoms with Crippen LogP contribution in [-0.4, -0.2) is 17.9 Å². The smallest absolute Gasteiger partial charge is 0.130 e. The number of aliphatic hydroxyl groups excluding tert-OH is 1. The van der Waals surface area contributed by atoms with Gasteiger partial charge in [-0.05, 0) is 49.1 Å². The largest absolute Gasteiger partial charge is 0.373 e. The van der Waals surface area contributed by atoms with Crippen LogP contribution in [0.1, 0.15) is 19.3 Å². The summed E-state index contributed by atoms with van der Waals surface area (Å²) in [4.78, 5) is 2.22. The van der Waals surface area contributed by atoms with Crippen molar-refractivity contribution >= 4 is 5.69 Å². The second kappa shape index (κ2) is 3.49. The minimum absolute atomic E-state index is 0.238. The minimum atomic E-state index is -0.238. The van der Waals surface area contributed by atoms with Crippen LogP contribution in [0.4, 0.5) is 5.69 Å². The van der Waals surface area contributed by atoms with Crippen molar-refractivity contribution in [3.8, 4) is 0 Å². The van der Waals surface area contributed by atoms with E-state index in [4.69, 9.17) is 0 Å². The standard InChI is InChI=1S/C15H19NO/c17-15-14-11-7-6-10(8-11)13(14)9-16(15)12-4-2-1-3-5-12/h1-5,10-11,13-15,17H,6-9H2. The molecule has 3 fully saturated rings. The van der Waals surface area contributed by atoms with E-state index < -0.39 is 0 Å². The van der Waals surface area contributed by atoms with Gasteiger partial charge >= 0.3 is 0 Å². The second-order valence-electron chi connectivity index (χ2n) is 5.98. The Balaban J connectivity index is 1.65. The Kier molecular flexibility index (Phi) is 2.04. The number of hydrogen-bond donors (Lipinski definition) is 1. The Morgan fingerprint density at radius 1 is 1.06 bits per heavy atom. The fourth-order valence-corrected chi connectivity index (χ4v) is 4.61. The Morgan fingerprint density at radius 3 is 2.59 bits per heavy atom. The summed E-state index contributed by atoms with van der Waals surface area (Å²) >= 11 is 0. The van der Waals surface area contributed by atoms with E-state index in [0.29, 0.717) is 5.92 Å². The van der Waals surface area contributed by atoms with Gasteiger partial charge in [0.05, 0.1) is 0 Å². The zero-order valence-electron chi connectivity index (χ0n) is 10.00. The number of anilines is 1. The summed E-state index contributed by atoms with van der Waals surface area (Å²) in [5.41, 5.74) is 1.19. The Morgan fingerprint density at radius 2 is 1.82 bits per heavy atom. The van der Waals surface area contributed by atoms with Gasteiger partial charge in [-0.2, -0.15) is 0 Å². The van der Waals surface area contributed by atoms with Crippen LogP contribution in [-0.2, 0) is 0 Å². The van der Waals surface area contributed by atoms with Gasteiger partial charge < -0.3 is 10.0 Å². The molecule has 4 rings (SSSR count). The topological polar surface area (TPSA) is 23.5 Å². The molecule has 3 aliphatic rings. The highest BCUT2D eigenvalue weighted by atomic mass is 16.3. The van der Waals surface area contributed by atoms with E-state index in [1.807, 2.05) is 6.07 Å². The number of nitrogens with zero attached hydrogens (tertiary/aromatic N) is 1. The first-order valence-electron chi connectivity index (χ1n) is 6.84. The van der Waals surface area contributed by atoms with Gasteiger partial charge in [0, 0.05) is 18.2 Å². The zero-order chi connectivity index (χ0) is 11.4. The third-order valence-corrected chi connectivity index (χ3v) is 5.32. The van der Waals surface area contributed by atoms with Gasteiger partial charge in [-0.25, -0.2) is 0 Å². The molecule has 1 saturated heterocycles. The first-order chi connectivity index (χ1) is 8.34. The lowest BCUT2D eigenvalue weighted by atomic mass is 9.81. The Hall–Kier alpha value is -1.02. The summed E-state index contributed by atoms with van der Waals surface area (Å²) in [5, 5.41) is 10.6. The van der Waals surface area contributed by atoms with Gasteiger partial charge in [0.15, 0.2) is 0 Å². The van der Waals surface area contributed by atoms with E-state index in [1.54, 1.807) is 0 Å². The van der Waals surface area contributed by atoms with Crippen molar-refractivity contribution in [2.75, 3.05) is 11.4 Å². The lowest BCUT2D eigenvalue weighted by Crippen LogP contribution is -2.34. The van der Waals surface area contributed by atoms with Crippen molar-refractivity contribution in [2.24, 2.45) is 23.7 Å². The molecule has 0 aromatic heterocycles. The lowest BCUT2D eigenvalue weighted by molar-refractivity contribution is 0.0876. The van der Waals surface area contributed by atoms with Crippen LogP contribution in [0.2, 0.25) is 0 Å². The molecule has 1 N–H and O–H groups in total. The molecule has 2 saturated carbocycles. The molecule has 2 aliphatic carbocycles. The van der Waals surface area contributed by atoms with Crippen molar-refractivity contribution in [1.29, 1.82) is 0 Å². The number of hydrogen-bond acceptors (Lipinski definition) is 2. The Bertz CT molecular complexity index is 418. The first kappa shape index (κ1) is 9.95. The predicted octanol–water partition coefficient (Wildman–Crippen LogP) is 2.49. The molecule has 17 heavy (non-hydrogen) atoms. The van der Waals surface area contributed by atoms with Crippen LogP contribution >= 0.6 is 0 Å². The van der Waals surface area contributed by atoms with Crippen molar-refractivity contribution in [3.05, 3.63) is 30.3 Å². The van der Waals surface area contributed by atoms with Crippen LogP contribution in [0, 0.1) is 23.7 Å². The normalized spacial score (nSPS) is 43.1. The average Bonchev–Trinajstić information content (AvgIpc) is 3.03. The van der Waals surface area contributed by atoms with Crippen molar-refractivity contribution < 1.29 is 5.11 Å². The van der Waals surface area contributed by atoms with Gasteiger partial charge in [0.2, 0.25) is 0 Å². The molecule has 1 aromatic rings. The van der Waals surface area contributed by atoms with E-state index in [9.17, 15) is 5.11 Å². The van der Waals surface area contributed by atoms with E-state index >= 15 is 0 Å².